The van der Waals surface area contributed by atoms with Crippen molar-refractivity contribution in [1.29, 1.82) is 0 Å². The normalized spacial score (nSPS) is 10.6. The molecule has 0 unspecified atom stereocenters. The van der Waals surface area contributed by atoms with Gasteiger partial charge in [0.05, 0.1) is 32.0 Å². The van der Waals surface area contributed by atoms with Gasteiger partial charge in [-0.25, -0.2) is 4.79 Å². The van der Waals surface area contributed by atoms with Crippen LogP contribution in [0.25, 0.3) is 0 Å². The van der Waals surface area contributed by atoms with Crippen LogP contribution in [0.1, 0.15) is 35.3 Å². The number of rotatable bonds is 8. The number of nitrogens with two attached hydrogens (primary N) is 1. The molecule has 0 amide bonds. The van der Waals surface area contributed by atoms with E-state index in [4.69, 9.17) is 19.9 Å². The Morgan fingerprint density at radius 2 is 1.85 bits per heavy atom. The summed E-state index contributed by atoms with van der Waals surface area (Å²) in [5.74, 6) is -0.392. The van der Waals surface area contributed by atoms with Gasteiger partial charge in [-0.3, -0.25) is 0 Å². The summed E-state index contributed by atoms with van der Waals surface area (Å²) in [6.07, 6.45) is 0. The number of esters is 1. The molecule has 0 saturated carbocycles. The van der Waals surface area contributed by atoms with Crippen LogP contribution < -0.4 is 5.73 Å². The van der Waals surface area contributed by atoms with Gasteiger partial charge in [-0.05, 0) is 38.0 Å². The maximum absolute atomic E-state index is 11.7. The van der Waals surface area contributed by atoms with E-state index in [9.17, 15) is 4.79 Å². The lowest BCUT2D eigenvalue weighted by Crippen LogP contribution is -2.11. The third-order valence-electron chi connectivity index (χ3n) is 2.96. The molecule has 0 aliphatic carbocycles. The van der Waals surface area contributed by atoms with Crippen LogP contribution in [-0.2, 0) is 20.8 Å². The largest absolute Gasteiger partial charge is 0.462 e. The molecular weight excluding hydrogens is 258 g/mol. The van der Waals surface area contributed by atoms with Crippen LogP contribution in [0.2, 0.25) is 0 Å². The molecule has 1 aromatic rings. The fourth-order valence-corrected chi connectivity index (χ4v) is 1.76. The van der Waals surface area contributed by atoms with Crippen LogP contribution in [0.4, 0.5) is 5.69 Å². The van der Waals surface area contributed by atoms with E-state index in [2.05, 4.69) is 0 Å². The van der Waals surface area contributed by atoms with Gasteiger partial charge in [-0.1, -0.05) is 6.07 Å². The summed E-state index contributed by atoms with van der Waals surface area (Å²) in [5, 5.41) is 0. The van der Waals surface area contributed by atoms with Gasteiger partial charge in [0, 0.05) is 12.3 Å². The van der Waals surface area contributed by atoms with Crippen molar-refractivity contribution in [1.82, 2.24) is 0 Å². The van der Waals surface area contributed by atoms with E-state index in [0.29, 0.717) is 44.3 Å². The zero-order chi connectivity index (χ0) is 15.0. The van der Waals surface area contributed by atoms with Crippen molar-refractivity contribution < 1.29 is 19.0 Å². The predicted octanol–water partition coefficient (Wildman–Crippen LogP) is 2.31. The molecule has 0 aliphatic heterocycles. The molecule has 0 radical (unpaired) electrons. The Balaban J connectivity index is 2.66. The first kappa shape index (κ1) is 16.5. The number of carbonyl (C=O) groups excluding carboxylic acids is 1. The van der Waals surface area contributed by atoms with Crippen LogP contribution in [0, 0.1) is 6.92 Å². The maximum atomic E-state index is 11.7. The van der Waals surface area contributed by atoms with E-state index in [1.54, 1.807) is 13.0 Å². The summed E-state index contributed by atoms with van der Waals surface area (Å²) in [4.78, 5) is 11.7. The number of ether oxygens (including phenoxy) is 3. The highest BCUT2D eigenvalue weighted by molar-refractivity contribution is 5.96. The van der Waals surface area contributed by atoms with Crippen LogP contribution >= 0.6 is 0 Å². The summed E-state index contributed by atoms with van der Waals surface area (Å²) >= 11 is 0. The average Bonchev–Trinajstić information content (AvgIpc) is 2.43. The number of benzene rings is 1. The summed E-state index contributed by atoms with van der Waals surface area (Å²) in [7, 11) is 0. The lowest BCUT2D eigenvalue weighted by Gasteiger charge is -2.13. The van der Waals surface area contributed by atoms with Crippen LogP contribution in [0.3, 0.4) is 0 Å². The first-order valence-electron chi connectivity index (χ1n) is 6.82. The van der Waals surface area contributed by atoms with Gasteiger partial charge in [0.15, 0.2) is 0 Å². The molecule has 5 heteroatoms. The number of hydrogen-bond acceptors (Lipinski definition) is 5. The Kier molecular flexibility index (Phi) is 7.04. The minimum absolute atomic E-state index is 0.333. The first-order chi connectivity index (χ1) is 9.61. The SMILES string of the molecule is CCOCCOCc1ccc(C(=O)OCC)c(N)c1C. The monoisotopic (exact) mass is 281 g/mol. The molecule has 20 heavy (non-hydrogen) atoms. The fourth-order valence-electron chi connectivity index (χ4n) is 1.76. The van der Waals surface area contributed by atoms with Crippen LogP contribution in [0.15, 0.2) is 12.1 Å². The van der Waals surface area contributed by atoms with Crippen molar-refractivity contribution in [2.45, 2.75) is 27.4 Å². The number of hydrogen-bond donors (Lipinski definition) is 1. The van der Waals surface area contributed by atoms with Gasteiger partial charge in [0.25, 0.3) is 0 Å². The summed E-state index contributed by atoms with van der Waals surface area (Å²) in [6, 6.07) is 3.53. The summed E-state index contributed by atoms with van der Waals surface area (Å²) < 4.78 is 15.7. The predicted molar refractivity (Wildman–Crippen MR) is 77.7 cm³/mol. The van der Waals surface area contributed by atoms with E-state index in [-0.39, 0.29) is 0 Å². The summed E-state index contributed by atoms with van der Waals surface area (Å²) in [6.45, 7) is 8.16. The smallest absolute Gasteiger partial charge is 0.340 e. The van der Waals surface area contributed by atoms with Gasteiger partial charge in [-0.2, -0.15) is 0 Å². The van der Waals surface area contributed by atoms with E-state index < -0.39 is 5.97 Å². The van der Waals surface area contributed by atoms with E-state index in [1.807, 2.05) is 19.9 Å². The second kappa shape index (κ2) is 8.55. The molecule has 5 nitrogen and oxygen atoms in total. The van der Waals surface area contributed by atoms with Crippen molar-refractivity contribution in [2.24, 2.45) is 0 Å². The van der Waals surface area contributed by atoms with Crippen molar-refractivity contribution in [3.8, 4) is 0 Å². The van der Waals surface area contributed by atoms with Crippen molar-refractivity contribution in [3.05, 3.63) is 28.8 Å². The summed E-state index contributed by atoms with van der Waals surface area (Å²) in [5.41, 5.74) is 8.66. The van der Waals surface area contributed by atoms with Gasteiger partial charge in [0.1, 0.15) is 0 Å². The standard InChI is InChI=1S/C15H23NO4/c1-4-18-8-9-19-10-12-6-7-13(14(16)11(12)3)15(17)20-5-2/h6-7H,4-5,8-10,16H2,1-3H3. The molecule has 0 spiro atoms. The van der Waals surface area contributed by atoms with Gasteiger partial charge < -0.3 is 19.9 Å². The zero-order valence-electron chi connectivity index (χ0n) is 12.4. The Hall–Kier alpha value is -1.59. The zero-order valence-corrected chi connectivity index (χ0v) is 12.4. The Labute approximate surface area is 120 Å². The highest BCUT2D eigenvalue weighted by Crippen LogP contribution is 2.22. The molecule has 0 saturated heterocycles. The molecule has 1 rings (SSSR count). The topological polar surface area (TPSA) is 70.8 Å². The minimum Gasteiger partial charge on any atom is -0.462 e. The lowest BCUT2D eigenvalue weighted by molar-refractivity contribution is 0.0451. The third kappa shape index (κ3) is 4.51. The quantitative estimate of drug-likeness (QED) is 0.450. The van der Waals surface area contributed by atoms with Gasteiger partial charge in [0.2, 0.25) is 0 Å². The molecule has 0 aliphatic rings. The highest BCUT2D eigenvalue weighted by Gasteiger charge is 2.14. The van der Waals surface area contributed by atoms with Crippen molar-refractivity contribution in [3.63, 3.8) is 0 Å². The maximum Gasteiger partial charge on any atom is 0.340 e. The molecule has 1 aromatic carbocycles. The molecule has 2 N–H and O–H groups in total. The average molecular weight is 281 g/mol. The van der Waals surface area contributed by atoms with Crippen LogP contribution in [-0.4, -0.2) is 32.4 Å². The number of carbonyl (C=O) groups is 1. The Morgan fingerprint density at radius 1 is 1.15 bits per heavy atom. The number of anilines is 1. The molecule has 0 bridgehead atoms. The lowest BCUT2D eigenvalue weighted by atomic mass is 10.0. The second-order valence-corrected chi connectivity index (χ2v) is 4.28. The van der Waals surface area contributed by atoms with E-state index >= 15 is 0 Å². The molecular formula is C15H23NO4. The second-order valence-electron chi connectivity index (χ2n) is 4.28. The molecule has 0 aromatic heterocycles. The van der Waals surface area contributed by atoms with E-state index in [0.717, 1.165) is 11.1 Å². The Bertz CT molecular complexity index is 446. The third-order valence-corrected chi connectivity index (χ3v) is 2.96. The fraction of sp³-hybridized carbons (Fsp3) is 0.533. The van der Waals surface area contributed by atoms with Crippen molar-refractivity contribution >= 4 is 11.7 Å². The molecule has 0 atom stereocenters. The van der Waals surface area contributed by atoms with Crippen LogP contribution in [0.5, 0.6) is 0 Å². The highest BCUT2D eigenvalue weighted by atomic mass is 16.5. The van der Waals surface area contributed by atoms with E-state index in [1.165, 1.54) is 0 Å². The molecule has 112 valence electrons. The van der Waals surface area contributed by atoms with Gasteiger partial charge >= 0.3 is 5.97 Å². The van der Waals surface area contributed by atoms with Gasteiger partial charge in [-0.15, -0.1) is 0 Å². The molecule has 0 fully saturated rings. The Morgan fingerprint density at radius 3 is 2.50 bits per heavy atom. The minimum atomic E-state index is -0.392. The molecule has 0 heterocycles. The van der Waals surface area contributed by atoms with Crippen molar-refractivity contribution in [2.75, 3.05) is 32.2 Å². The number of nitrogen functional groups attached to an aromatic ring is 1. The first-order valence-corrected chi connectivity index (χ1v) is 6.82.